The van der Waals surface area contributed by atoms with Crippen LogP contribution in [0.25, 0.3) is 0 Å². The van der Waals surface area contributed by atoms with Gasteiger partial charge in [-0.25, -0.2) is 4.79 Å². The van der Waals surface area contributed by atoms with E-state index in [4.69, 9.17) is 5.21 Å². The highest BCUT2D eigenvalue weighted by Gasteiger charge is 2.26. The molecule has 0 saturated carbocycles. The van der Waals surface area contributed by atoms with E-state index in [1.807, 2.05) is 54.6 Å². The number of fused-ring (bicyclic) bond motifs is 1. The summed E-state index contributed by atoms with van der Waals surface area (Å²) < 4.78 is 0. The molecule has 0 atom stereocenters. The van der Waals surface area contributed by atoms with Gasteiger partial charge in [0.25, 0.3) is 0 Å². The maximum absolute atomic E-state index is 12.4. The van der Waals surface area contributed by atoms with Gasteiger partial charge in [0.15, 0.2) is 0 Å². The number of para-hydroxylation sites is 2. The van der Waals surface area contributed by atoms with Crippen molar-refractivity contribution in [3.8, 4) is 0 Å². The Morgan fingerprint density at radius 3 is 2.57 bits per heavy atom. The molecule has 0 radical (unpaired) electrons. The molecule has 0 fully saturated rings. The van der Waals surface area contributed by atoms with Gasteiger partial charge in [0.05, 0.1) is 11.4 Å². The van der Waals surface area contributed by atoms with Gasteiger partial charge in [0.1, 0.15) is 0 Å². The summed E-state index contributed by atoms with van der Waals surface area (Å²) in [7, 11) is 0. The van der Waals surface area contributed by atoms with Crippen molar-refractivity contribution >= 4 is 23.1 Å². The Hall–Kier alpha value is -2.82. The number of benzene rings is 2. The van der Waals surface area contributed by atoms with Crippen molar-refractivity contribution in [2.45, 2.75) is 6.42 Å². The summed E-state index contributed by atoms with van der Waals surface area (Å²) in [6, 6.07) is 16.6. The molecule has 0 aromatic heterocycles. The van der Waals surface area contributed by atoms with E-state index in [0.717, 1.165) is 16.9 Å². The molecule has 5 nitrogen and oxygen atoms in total. The molecule has 2 N–H and O–H groups in total. The Balaban J connectivity index is 1.88. The van der Waals surface area contributed by atoms with Crippen LogP contribution >= 0.6 is 0 Å². The second kappa shape index (κ2) is 5.66. The van der Waals surface area contributed by atoms with Crippen LogP contribution in [0.3, 0.4) is 0 Å². The van der Waals surface area contributed by atoms with Crippen LogP contribution in [0.15, 0.2) is 59.8 Å². The first-order valence-corrected chi connectivity index (χ1v) is 6.73. The van der Waals surface area contributed by atoms with Gasteiger partial charge in [-0.3, -0.25) is 4.90 Å². The molecular weight excluding hydrogens is 266 g/mol. The van der Waals surface area contributed by atoms with E-state index in [9.17, 15) is 4.79 Å². The lowest BCUT2D eigenvalue weighted by molar-refractivity contribution is 0.257. The van der Waals surface area contributed by atoms with E-state index in [0.29, 0.717) is 18.7 Å². The summed E-state index contributed by atoms with van der Waals surface area (Å²) in [6.07, 6.45) is 0.524. The van der Waals surface area contributed by atoms with Crippen LogP contribution in [0, 0.1) is 0 Å². The molecule has 0 saturated heterocycles. The molecule has 0 bridgehead atoms. The summed E-state index contributed by atoms with van der Waals surface area (Å²) >= 11 is 0. The third kappa shape index (κ3) is 2.58. The molecule has 1 aliphatic heterocycles. The van der Waals surface area contributed by atoms with Gasteiger partial charge < -0.3 is 10.5 Å². The Morgan fingerprint density at radius 2 is 1.81 bits per heavy atom. The smallest absolute Gasteiger partial charge is 0.326 e. The summed E-state index contributed by atoms with van der Waals surface area (Å²) in [4.78, 5) is 14.1. The average molecular weight is 281 g/mol. The maximum atomic E-state index is 12.4. The van der Waals surface area contributed by atoms with E-state index >= 15 is 0 Å². The van der Waals surface area contributed by atoms with Crippen molar-refractivity contribution < 1.29 is 10.0 Å². The van der Waals surface area contributed by atoms with Crippen molar-refractivity contribution in [1.29, 1.82) is 0 Å². The van der Waals surface area contributed by atoms with E-state index in [1.165, 1.54) is 0 Å². The van der Waals surface area contributed by atoms with Crippen molar-refractivity contribution in [2.24, 2.45) is 5.16 Å². The third-order valence-electron chi connectivity index (χ3n) is 3.47. The highest BCUT2D eigenvalue weighted by atomic mass is 16.4. The molecular formula is C16H15N3O2. The van der Waals surface area contributed by atoms with Gasteiger partial charge in [-0.1, -0.05) is 41.6 Å². The maximum Gasteiger partial charge on any atom is 0.326 e. The van der Waals surface area contributed by atoms with Gasteiger partial charge in [-0.2, -0.15) is 0 Å². The minimum Gasteiger partial charge on any atom is -0.411 e. The molecule has 1 aliphatic rings. The highest BCUT2D eigenvalue weighted by Crippen LogP contribution is 2.27. The lowest BCUT2D eigenvalue weighted by Gasteiger charge is -2.29. The van der Waals surface area contributed by atoms with Gasteiger partial charge in [-0.15, -0.1) is 0 Å². The first-order valence-electron chi connectivity index (χ1n) is 6.73. The normalized spacial score (nSPS) is 15.6. The van der Waals surface area contributed by atoms with Crippen molar-refractivity contribution in [3.05, 3.63) is 60.2 Å². The molecule has 5 heteroatoms. The van der Waals surface area contributed by atoms with Gasteiger partial charge in [0, 0.05) is 24.2 Å². The molecule has 2 aromatic carbocycles. The number of hydrogen-bond donors (Lipinski definition) is 2. The van der Waals surface area contributed by atoms with Crippen LogP contribution in [-0.4, -0.2) is 23.5 Å². The molecule has 1 heterocycles. The summed E-state index contributed by atoms with van der Waals surface area (Å²) in [6.45, 7) is 0.481. The number of nitrogens with zero attached hydrogens (tertiary/aromatic N) is 2. The number of urea groups is 1. The molecule has 0 unspecified atom stereocenters. The fourth-order valence-electron chi connectivity index (χ4n) is 2.45. The largest absolute Gasteiger partial charge is 0.411 e. The number of amides is 2. The Kier molecular flexibility index (Phi) is 3.55. The van der Waals surface area contributed by atoms with Crippen LogP contribution < -0.4 is 10.2 Å². The number of anilines is 2. The SMILES string of the molecule is O=C(Nc1ccccc1)N1CCC(=NO)c2ccccc21. The molecule has 21 heavy (non-hydrogen) atoms. The lowest BCUT2D eigenvalue weighted by Crippen LogP contribution is -2.40. The monoisotopic (exact) mass is 281 g/mol. The van der Waals surface area contributed by atoms with Crippen LogP contribution in [0.1, 0.15) is 12.0 Å². The molecule has 0 spiro atoms. The fraction of sp³-hybridized carbons (Fsp3) is 0.125. The van der Waals surface area contributed by atoms with Crippen molar-refractivity contribution in [2.75, 3.05) is 16.8 Å². The number of oxime groups is 1. The highest BCUT2D eigenvalue weighted by molar-refractivity contribution is 6.12. The minimum atomic E-state index is -0.189. The number of hydrogen-bond acceptors (Lipinski definition) is 3. The first kappa shape index (κ1) is 13.2. The van der Waals surface area contributed by atoms with E-state index in [2.05, 4.69) is 10.5 Å². The molecule has 0 aliphatic carbocycles. The molecule has 106 valence electrons. The Labute approximate surface area is 122 Å². The van der Waals surface area contributed by atoms with Crippen LogP contribution in [0.2, 0.25) is 0 Å². The van der Waals surface area contributed by atoms with Crippen molar-refractivity contribution in [1.82, 2.24) is 0 Å². The number of nitrogens with one attached hydrogen (secondary N) is 1. The summed E-state index contributed by atoms with van der Waals surface area (Å²) in [5.74, 6) is 0. The van der Waals surface area contributed by atoms with Gasteiger partial charge in [0.2, 0.25) is 0 Å². The van der Waals surface area contributed by atoms with Crippen molar-refractivity contribution in [3.63, 3.8) is 0 Å². The van der Waals surface area contributed by atoms with E-state index in [-0.39, 0.29) is 6.03 Å². The van der Waals surface area contributed by atoms with E-state index < -0.39 is 0 Å². The quantitative estimate of drug-likeness (QED) is 0.622. The standard InChI is InChI=1S/C16H15N3O2/c20-16(17-12-6-2-1-3-7-12)19-11-10-14(18-21)13-8-4-5-9-15(13)19/h1-9,21H,10-11H2,(H,17,20). The number of carbonyl (C=O) groups is 1. The fourth-order valence-corrected chi connectivity index (χ4v) is 2.45. The average Bonchev–Trinajstić information content (AvgIpc) is 2.54. The zero-order chi connectivity index (χ0) is 14.7. The van der Waals surface area contributed by atoms with Crippen LogP contribution in [-0.2, 0) is 0 Å². The zero-order valence-electron chi connectivity index (χ0n) is 11.4. The Bertz CT molecular complexity index is 683. The number of rotatable bonds is 1. The molecule has 2 aromatic rings. The first-order chi connectivity index (χ1) is 10.3. The minimum absolute atomic E-state index is 0.189. The lowest BCUT2D eigenvalue weighted by atomic mass is 10.00. The second-order valence-electron chi connectivity index (χ2n) is 4.76. The number of carbonyl (C=O) groups excluding carboxylic acids is 1. The third-order valence-corrected chi connectivity index (χ3v) is 3.47. The molecule has 3 rings (SSSR count). The van der Waals surface area contributed by atoms with Crippen LogP contribution in [0.4, 0.5) is 16.2 Å². The van der Waals surface area contributed by atoms with Gasteiger partial charge in [-0.05, 0) is 18.2 Å². The Morgan fingerprint density at radius 1 is 1.10 bits per heavy atom. The zero-order valence-corrected chi connectivity index (χ0v) is 11.4. The van der Waals surface area contributed by atoms with Crippen LogP contribution in [0.5, 0.6) is 0 Å². The van der Waals surface area contributed by atoms with E-state index in [1.54, 1.807) is 4.90 Å². The second-order valence-corrected chi connectivity index (χ2v) is 4.76. The predicted octanol–water partition coefficient (Wildman–Crippen LogP) is 3.31. The van der Waals surface area contributed by atoms with Gasteiger partial charge >= 0.3 is 6.03 Å². The molecule has 2 amide bonds. The predicted molar refractivity (Wildman–Crippen MR) is 82.2 cm³/mol. The topological polar surface area (TPSA) is 64.9 Å². The summed E-state index contributed by atoms with van der Waals surface area (Å²) in [5, 5.41) is 15.3. The summed E-state index contributed by atoms with van der Waals surface area (Å²) in [5.41, 5.74) is 2.90.